The Bertz CT molecular complexity index is 2530. The average Bonchev–Trinajstić information content (AvgIpc) is 3.35. The van der Waals surface area contributed by atoms with Gasteiger partial charge >= 0.3 is 0 Å². The van der Waals surface area contributed by atoms with E-state index < -0.39 is 0 Å². The highest BCUT2D eigenvalue weighted by molar-refractivity contribution is 5.84. The summed E-state index contributed by atoms with van der Waals surface area (Å²) in [6, 6.07) is 74.0. The predicted molar refractivity (Wildman–Crippen MR) is 242 cm³/mol. The minimum Gasteiger partial charge on any atom is -0.248 e. The quantitative estimate of drug-likeness (QED) is 0.145. The van der Waals surface area contributed by atoms with Gasteiger partial charge in [-0.2, -0.15) is 0 Å². The maximum Gasteiger partial charge on any atom is 0.164 e. The second-order valence-corrected chi connectivity index (χ2v) is 14.4. The lowest BCUT2D eigenvalue weighted by molar-refractivity contribution is 1.07. The maximum absolute atomic E-state index is 5.25. The van der Waals surface area contributed by atoms with Crippen LogP contribution >= 0.6 is 0 Å². The average molecular weight is 769 g/mol. The maximum atomic E-state index is 5.25. The highest BCUT2D eigenvalue weighted by Gasteiger charge is 2.18. The van der Waals surface area contributed by atoms with E-state index in [1.807, 2.05) is 146 Å². The third kappa shape index (κ3) is 7.73. The molecule has 0 N–H and O–H groups in total. The van der Waals surface area contributed by atoms with Crippen molar-refractivity contribution in [1.29, 1.82) is 0 Å². The van der Waals surface area contributed by atoms with Crippen molar-refractivity contribution in [1.82, 2.24) is 29.9 Å². The summed E-state index contributed by atoms with van der Waals surface area (Å²) in [6.45, 7) is 0. The molecule has 282 valence electrons. The number of nitrogens with zero attached hydrogens (tertiary/aromatic N) is 6. The van der Waals surface area contributed by atoms with E-state index in [0.29, 0.717) is 23.3 Å². The Morgan fingerprint density at radius 1 is 0.167 bits per heavy atom. The fourth-order valence-electron chi connectivity index (χ4n) is 7.29. The van der Waals surface area contributed by atoms with Crippen molar-refractivity contribution in [3.8, 4) is 102 Å². The molecule has 10 aromatic rings. The fourth-order valence-corrected chi connectivity index (χ4v) is 7.29. The first-order chi connectivity index (χ1) is 29.7. The number of rotatable bonds is 9. The van der Waals surface area contributed by atoms with Crippen molar-refractivity contribution in [3.05, 3.63) is 218 Å². The van der Waals surface area contributed by atoms with Crippen LogP contribution in [-0.4, -0.2) is 29.9 Å². The Morgan fingerprint density at radius 2 is 0.433 bits per heavy atom. The molecule has 0 atom stereocenters. The van der Waals surface area contributed by atoms with Crippen LogP contribution in [-0.2, 0) is 0 Å². The molecule has 10 rings (SSSR count). The van der Waals surface area contributed by atoms with E-state index in [1.54, 1.807) is 0 Å². The molecule has 0 amide bonds. The van der Waals surface area contributed by atoms with Gasteiger partial charge in [-0.25, -0.2) is 29.9 Å². The van der Waals surface area contributed by atoms with Crippen LogP contribution in [0.2, 0.25) is 0 Å². The number of pyridine rings is 1. The fraction of sp³-hybridized carbons (Fsp3) is 0. The van der Waals surface area contributed by atoms with Gasteiger partial charge in [-0.15, -0.1) is 0 Å². The van der Waals surface area contributed by atoms with Gasteiger partial charge in [0.1, 0.15) is 0 Å². The molecular weight excluding hydrogens is 733 g/mol. The van der Waals surface area contributed by atoms with Crippen LogP contribution in [0.15, 0.2) is 218 Å². The standard InChI is InChI=1S/C54H36N6/c1-7-19-37(20-8-1)47-34-44(35-48(55-47)38-21-9-2-10-22-38)43-31-45(50-36-49(39-23-11-3-12-24-39)56-51(57-50)40-25-13-4-14-26-40)33-46(32-43)54-59-52(41-27-15-5-16-28-41)58-53(60-54)42-29-17-6-18-30-42/h1-36H. The summed E-state index contributed by atoms with van der Waals surface area (Å²) < 4.78 is 0. The lowest BCUT2D eigenvalue weighted by Crippen LogP contribution is -2.01. The minimum atomic E-state index is 0.548. The molecule has 3 heterocycles. The van der Waals surface area contributed by atoms with Crippen LogP contribution < -0.4 is 0 Å². The van der Waals surface area contributed by atoms with Crippen LogP contribution in [0.1, 0.15) is 0 Å². The number of aromatic nitrogens is 6. The molecule has 0 saturated carbocycles. The first-order valence-corrected chi connectivity index (χ1v) is 19.9. The molecule has 6 heteroatoms. The number of benzene rings is 7. The van der Waals surface area contributed by atoms with Crippen LogP contribution in [0.3, 0.4) is 0 Å². The summed E-state index contributed by atoms with van der Waals surface area (Å²) in [7, 11) is 0. The Hall–Kier alpha value is -8.22. The summed E-state index contributed by atoms with van der Waals surface area (Å²) in [5, 5.41) is 0. The molecule has 0 fully saturated rings. The topological polar surface area (TPSA) is 77.3 Å². The zero-order valence-corrected chi connectivity index (χ0v) is 32.5. The van der Waals surface area contributed by atoms with Crippen molar-refractivity contribution in [3.63, 3.8) is 0 Å². The molecular formula is C54H36N6. The van der Waals surface area contributed by atoms with E-state index in [9.17, 15) is 0 Å². The van der Waals surface area contributed by atoms with E-state index in [0.717, 1.165) is 78.4 Å². The SMILES string of the molecule is c1ccc(-c2cc(-c3cc(-c4cc(-c5ccccc5)nc(-c5ccccc5)n4)cc(-c4nc(-c5ccccc5)nc(-c5ccccc5)n4)c3)cc(-c3ccccc3)n2)cc1. The molecule has 60 heavy (non-hydrogen) atoms. The first-order valence-electron chi connectivity index (χ1n) is 19.9. The van der Waals surface area contributed by atoms with E-state index in [-0.39, 0.29) is 0 Å². The molecule has 0 spiro atoms. The lowest BCUT2D eigenvalue weighted by Gasteiger charge is -2.15. The summed E-state index contributed by atoms with van der Waals surface area (Å²) in [5.74, 6) is 2.37. The van der Waals surface area contributed by atoms with Crippen LogP contribution in [0.4, 0.5) is 0 Å². The molecule has 3 aromatic heterocycles. The third-order valence-electron chi connectivity index (χ3n) is 10.3. The summed E-state index contributed by atoms with van der Waals surface area (Å²) >= 11 is 0. The van der Waals surface area contributed by atoms with Crippen LogP contribution in [0, 0.1) is 0 Å². The molecule has 7 aromatic carbocycles. The van der Waals surface area contributed by atoms with Crippen molar-refractivity contribution in [2.45, 2.75) is 0 Å². The zero-order valence-electron chi connectivity index (χ0n) is 32.5. The van der Waals surface area contributed by atoms with Crippen molar-refractivity contribution in [2.24, 2.45) is 0 Å². The predicted octanol–water partition coefficient (Wildman–Crippen LogP) is 13.1. The summed E-state index contributed by atoms with van der Waals surface area (Å²) in [6.07, 6.45) is 0. The van der Waals surface area contributed by atoms with E-state index in [1.165, 1.54) is 0 Å². The van der Waals surface area contributed by atoms with E-state index in [2.05, 4.69) is 72.8 Å². The third-order valence-corrected chi connectivity index (χ3v) is 10.3. The normalized spacial score (nSPS) is 11.0. The lowest BCUT2D eigenvalue weighted by atomic mass is 9.95. The zero-order chi connectivity index (χ0) is 40.1. The van der Waals surface area contributed by atoms with Gasteiger partial charge in [-0.3, -0.25) is 0 Å². The molecule has 0 unspecified atom stereocenters. The molecule has 0 aliphatic rings. The van der Waals surface area contributed by atoms with Gasteiger partial charge < -0.3 is 0 Å². The van der Waals surface area contributed by atoms with E-state index >= 15 is 0 Å². The van der Waals surface area contributed by atoms with Gasteiger partial charge in [-0.05, 0) is 47.5 Å². The molecule has 0 aliphatic heterocycles. The Kier molecular flexibility index (Phi) is 9.84. The first kappa shape index (κ1) is 36.1. The highest BCUT2D eigenvalue weighted by Crippen LogP contribution is 2.37. The molecule has 0 radical (unpaired) electrons. The van der Waals surface area contributed by atoms with Crippen molar-refractivity contribution in [2.75, 3.05) is 0 Å². The monoisotopic (exact) mass is 768 g/mol. The second-order valence-electron chi connectivity index (χ2n) is 14.4. The van der Waals surface area contributed by atoms with Gasteiger partial charge in [0, 0.05) is 44.5 Å². The van der Waals surface area contributed by atoms with Gasteiger partial charge in [-0.1, -0.05) is 182 Å². The molecule has 0 aliphatic carbocycles. The Balaban J connectivity index is 1.24. The second kappa shape index (κ2) is 16.3. The van der Waals surface area contributed by atoms with Gasteiger partial charge in [0.2, 0.25) is 0 Å². The molecule has 0 saturated heterocycles. The Morgan fingerprint density at radius 3 is 0.833 bits per heavy atom. The van der Waals surface area contributed by atoms with Gasteiger partial charge in [0.05, 0.1) is 22.8 Å². The largest absolute Gasteiger partial charge is 0.248 e. The van der Waals surface area contributed by atoms with Gasteiger partial charge in [0.25, 0.3) is 0 Å². The van der Waals surface area contributed by atoms with Crippen LogP contribution in [0.25, 0.3) is 102 Å². The summed E-state index contributed by atoms with van der Waals surface area (Å²) in [4.78, 5) is 30.8. The number of hydrogen-bond acceptors (Lipinski definition) is 6. The van der Waals surface area contributed by atoms with Crippen LogP contribution in [0.5, 0.6) is 0 Å². The highest BCUT2D eigenvalue weighted by atomic mass is 15.0. The Labute approximate surface area is 348 Å². The van der Waals surface area contributed by atoms with Gasteiger partial charge in [0.15, 0.2) is 23.3 Å². The van der Waals surface area contributed by atoms with Crippen molar-refractivity contribution >= 4 is 0 Å². The molecule has 6 nitrogen and oxygen atoms in total. The van der Waals surface area contributed by atoms with E-state index in [4.69, 9.17) is 29.9 Å². The molecule has 0 bridgehead atoms. The smallest absolute Gasteiger partial charge is 0.164 e. The van der Waals surface area contributed by atoms with Crippen molar-refractivity contribution < 1.29 is 0 Å². The summed E-state index contributed by atoms with van der Waals surface area (Å²) in [5.41, 5.74) is 12.8. The minimum absolute atomic E-state index is 0.548. The number of hydrogen-bond donors (Lipinski definition) is 0.